The molecular weight excluding hydrogens is 214 g/mol. The van der Waals surface area contributed by atoms with E-state index in [0.717, 1.165) is 13.0 Å². The van der Waals surface area contributed by atoms with Crippen molar-refractivity contribution in [2.45, 2.75) is 31.7 Å². The molecule has 0 bridgehead atoms. The minimum atomic E-state index is -0.215. The van der Waals surface area contributed by atoms with Crippen molar-refractivity contribution >= 4 is 5.97 Å². The SMILES string of the molecule is CC(=O)OCC1(c2ccccc2)CCCCN1. The van der Waals surface area contributed by atoms with E-state index in [1.165, 1.54) is 25.3 Å². The lowest BCUT2D eigenvalue weighted by molar-refractivity contribution is -0.143. The van der Waals surface area contributed by atoms with Crippen LogP contribution in [0.1, 0.15) is 31.7 Å². The van der Waals surface area contributed by atoms with Gasteiger partial charge in [-0.25, -0.2) is 0 Å². The third-order valence-electron chi connectivity index (χ3n) is 3.34. The molecule has 2 rings (SSSR count). The van der Waals surface area contributed by atoms with E-state index in [4.69, 9.17) is 4.74 Å². The van der Waals surface area contributed by atoms with Gasteiger partial charge >= 0.3 is 5.97 Å². The smallest absolute Gasteiger partial charge is 0.302 e. The van der Waals surface area contributed by atoms with Gasteiger partial charge in [0.2, 0.25) is 0 Å². The highest BCUT2D eigenvalue weighted by atomic mass is 16.5. The van der Waals surface area contributed by atoms with Gasteiger partial charge in [-0.2, -0.15) is 0 Å². The van der Waals surface area contributed by atoms with Crippen LogP contribution >= 0.6 is 0 Å². The van der Waals surface area contributed by atoms with Gasteiger partial charge in [-0.05, 0) is 31.4 Å². The molecule has 1 atom stereocenters. The summed E-state index contributed by atoms with van der Waals surface area (Å²) in [6.07, 6.45) is 3.38. The third-order valence-corrected chi connectivity index (χ3v) is 3.34. The van der Waals surface area contributed by atoms with Crippen molar-refractivity contribution in [1.82, 2.24) is 5.32 Å². The summed E-state index contributed by atoms with van der Waals surface area (Å²) in [5.41, 5.74) is 1.02. The lowest BCUT2D eigenvalue weighted by Gasteiger charge is -2.38. The zero-order valence-electron chi connectivity index (χ0n) is 10.2. The Hall–Kier alpha value is -1.35. The van der Waals surface area contributed by atoms with Gasteiger partial charge < -0.3 is 10.1 Å². The zero-order valence-corrected chi connectivity index (χ0v) is 10.2. The summed E-state index contributed by atoms with van der Waals surface area (Å²) in [5, 5.41) is 3.53. The molecule has 3 heteroatoms. The lowest BCUT2D eigenvalue weighted by Crippen LogP contribution is -2.49. The second kappa shape index (κ2) is 5.32. The van der Waals surface area contributed by atoms with Crippen molar-refractivity contribution in [3.05, 3.63) is 35.9 Å². The highest BCUT2D eigenvalue weighted by Gasteiger charge is 2.34. The first kappa shape index (κ1) is 12.1. The van der Waals surface area contributed by atoms with Crippen LogP contribution in [0.15, 0.2) is 30.3 Å². The molecule has 1 aromatic rings. The molecule has 1 fully saturated rings. The molecule has 17 heavy (non-hydrogen) atoms. The van der Waals surface area contributed by atoms with Crippen molar-refractivity contribution < 1.29 is 9.53 Å². The molecule has 1 saturated heterocycles. The summed E-state index contributed by atoms with van der Waals surface area (Å²) in [5.74, 6) is -0.215. The topological polar surface area (TPSA) is 38.3 Å². The van der Waals surface area contributed by atoms with Crippen molar-refractivity contribution in [1.29, 1.82) is 0 Å². The van der Waals surface area contributed by atoms with E-state index < -0.39 is 0 Å². The summed E-state index contributed by atoms with van der Waals surface area (Å²) >= 11 is 0. The second-order valence-electron chi connectivity index (χ2n) is 4.61. The average Bonchev–Trinajstić information content (AvgIpc) is 2.39. The molecule has 1 aliphatic rings. The number of rotatable bonds is 3. The minimum Gasteiger partial charge on any atom is -0.464 e. The molecule has 0 spiro atoms. The fraction of sp³-hybridized carbons (Fsp3) is 0.500. The van der Waals surface area contributed by atoms with Crippen LogP contribution in [0.4, 0.5) is 0 Å². The average molecular weight is 233 g/mol. The predicted octanol–water partition coefficient (Wildman–Crippen LogP) is 2.22. The van der Waals surface area contributed by atoms with Crippen LogP contribution in [-0.2, 0) is 15.1 Å². The van der Waals surface area contributed by atoms with Gasteiger partial charge in [-0.3, -0.25) is 4.79 Å². The summed E-state index contributed by atoms with van der Waals surface area (Å²) < 4.78 is 5.24. The fourth-order valence-electron chi connectivity index (χ4n) is 2.40. The predicted molar refractivity (Wildman–Crippen MR) is 66.6 cm³/mol. The first-order valence-corrected chi connectivity index (χ1v) is 6.17. The highest BCUT2D eigenvalue weighted by Crippen LogP contribution is 2.30. The molecule has 92 valence electrons. The third kappa shape index (κ3) is 2.86. The molecule has 0 radical (unpaired) electrons. The monoisotopic (exact) mass is 233 g/mol. The fourth-order valence-corrected chi connectivity index (χ4v) is 2.40. The largest absolute Gasteiger partial charge is 0.464 e. The van der Waals surface area contributed by atoms with Crippen LogP contribution in [0.5, 0.6) is 0 Å². The number of ether oxygens (including phenoxy) is 1. The first-order chi connectivity index (χ1) is 8.23. The van der Waals surface area contributed by atoms with Crippen LogP contribution in [0.25, 0.3) is 0 Å². The van der Waals surface area contributed by atoms with E-state index in [0.29, 0.717) is 6.61 Å². The Labute approximate surface area is 102 Å². The number of piperidine rings is 1. The van der Waals surface area contributed by atoms with Gasteiger partial charge in [0.05, 0.1) is 5.54 Å². The molecule has 1 N–H and O–H groups in total. The van der Waals surface area contributed by atoms with Gasteiger partial charge in [-0.1, -0.05) is 30.3 Å². The van der Waals surface area contributed by atoms with Gasteiger partial charge in [0.25, 0.3) is 0 Å². The molecule has 0 aliphatic carbocycles. The van der Waals surface area contributed by atoms with E-state index in [2.05, 4.69) is 17.4 Å². The second-order valence-corrected chi connectivity index (χ2v) is 4.61. The zero-order chi connectivity index (χ0) is 12.1. The molecule has 1 aliphatic heterocycles. The Balaban J connectivity index is 2.20. The van der Waals surface area contributed by atoms with Gasteiger partial charge in [0.15, 0.2) is 0 Å². The molecule has 1 aromatic carbocycles. The minimum absolute atomic E-state index is 0.189. The number of nitrogens with one attached hydrogen (secondary N) is 1. The number of hydrogen-bond acceptors (Lipinski definition) is 3. The number of esters is 1. The quantitative estimate of drug-likeness (QED) is 0.813. The van der Waals surface area contributed by atoms with Crippen LogP contribution in [0.2, 0.25) is 0 Å². The maximum Gasteiger partial charge on any atom is 0.302 e. The van der Waals surface area contributed by atoms with Crippen molar-refractivity contribution in [2.75, 3.05) is 13.2 Å². The van der Waals surface area contributed by atoms with Crippen LogP contribution in [-0.4, -0.2) is 19.1 Å². The maximum atomic E-state index is 11.0. The molecule has 1 unspecified atom stereocenters. The Kier molecular flexibility index (Phi) is 3.79. The summed E-state index contributed by atoms with van der Waals surface area (Å²) in [6.45, 7) is 2.87. The van der Waals surface area contributed by atoms with Crippen LogP contribution < -0.4 is 5.32 Å². The van der Waals surface area contributed by atoms with E-state index in [1.54, 1.807) is 0 Å². The number of carbonyl (C=O) groups is 1. The standard InChI is InChI=1S/C14H19NO2/c1-12(16)17-11-14(9-5-6-10-15-14)13-7-3-2-4-8-13/h2-4,7-8,15H,5-6,9-11H2,1H3. The van der Waals surface area contributed by atoms with E-state index in [1.807, 2.05) is 18.2 Å². The van der Waals surface area contributed by atoms with Crippen molar-refractivity contribution in [3.8, 4) is 0 Å². The molecule has 3 nitrogen and oxygen atoms in total. The van der Waals surface area contributed by atoms with Crippen molar-refractivity contribution in [2.24, 2.45) is 0 Å². The van der Waals surface area contributed by atoms with Gasteiger partial charge in [-0.15, -0.1) is 0 Å². The Morgan fingerprint density at radius 3 is 2.71 bits per heavy atom. The van der Waals surface area contributed by atoms with Crippen LogP contribution in [0.3, 0.4) is 0 Å². The summed E-state index contributed by atoms with van der Waals surface area (Å²) in [4.78, 5) is 11.0. The molecular formula is C14H19NO2. The molecule has 0 saturated carbocycles. The van der Waals surface area contributed by atoms with Crippen LogP contribution in [0, 0.1) is 0 Å². The van der Waals surface area contributed by atoms with Crippen molar-refractivity contribution in [3.63, 3.8) is 0 Å². The summed E-state index contributed by atoms with van der Waals surface area (Å²) in [7, 11) is 0. The van der Waals surface area contributed by atoms with Gasteiger partial charge in [0.1, 0.15) is 6.61 Å². The Bertz CT molecular complexity index is 369. The number of benzene rings is 1. The van der Waals surface area contributed by atoms with Gasteiger partial charge in [0, 0.05) is 6.92 Å². The highest BCUT2D eigenvalue weighted by molar-refractivity contribution is 5.66. The first-order valence-electron chi connectivity index (χ1n) is 6.17. The molecule has 1 heterocycles. The molecule has 0 amide bonds. The Morgan fingerprint density at radius 1 is 1.35 bits per heavy atom. The number of hydrogen-bond donors (Lipinski definition) is 1. The lowest BCUT2D eigenvalue weighted by atomic mass is 9.83. The van der Waals surface area contributed by atoms with E-state index in [9.17, 15) is 4.79 Å². The van der Waals surface area contributed by atoms with E-state index >= 15 is 0 Å². The normalized spacial score (nSPS) is 24.3. The molecule has 0 aromatic heterocycles. The maximum absolute atomic E-state index is 11.0. The Morgan fingerprint density at radius 2 is 2.12 bits per heavy atom. The summed E-state index contributed by atoms with van der Waals surface area (Å²) in [6, 6.07) is 10.3. The van der Waals surface area contributed by atoms with E-state index in [-0.39, 0.29) is 11.5 Å². The number of carbonyl (C=O) groups excluding carboxylic acids is 1.